The van der Waals surface area contributed by atoms with Gasteiger partial charge in [0.15, 0.2) is 11.9 Å². The Bertz CT molecular complexity index is 1100. The van der Waals surface area contributed by atoms with Crippen LogP contribution in [-0.2, 0) is 11.3 Å². The number of nitrogens with one attached hydrogen (secondary N) is 2. The van der Waals surface area contributed by atoms with Crippen molar-refractivity contribution >= 4 is 23.2 Å². The highest BCUT2D eigenvalue weighted by molar-refractivity contribution is 5.98. The average molecular weight is 458 g/mol. The molecule has 0 unspecified atom stereocenters. The van der Waals surface area contributed by atoms with Crippen molar-refractivity contribution in [2.75, 3.05) is 43.4 Å². The lowest BCUT2D eigenvalue weighted by atomic mass is 10.1. The summed E-state index contributed by atoms with van der Waals surface area (Å²) in [5.74, 6) is -1.70. The molecule has 0 spiro atoms. The summed E-state index contributed by atoms with van der Waals surface area (Å²) in [7, 11) is 1.46. The van der Waals surface area contributed by atoms with E-state index in [0.29, 0.717) is 44.0 Å². The highest BCUT2D eigenvalue weighted by Crippen LogP contribution is 2.40. The van der Waals surface area contributed by atoms with Crippen LogP contribution in [0, 0.1) is 17.7 Å². The lowest BCUT2D eigenvalue weighted by Crippen LogP contribution is -2.46. The Morgan fingerprint density at radius 1 is 1.24 bits per heavy atom. The Labute approximate surface area is 189 Å². The number of rotatable bonds is 5. The van der Waals surface area contributed by atoms with E-state index in [9.17, 15) is 14.0 Å². The third-order valence-electron chi connectivity index (χ3n) is 6.24. The van der Waals surface area contributed by atoms with E-state index in [0.717, 1.165) is 12.8 Å². The van der Waals surface area contributed by atoms with Gasteiger partial charge >= 0.3 is 0 Å². The van der Waals surface area contributed by atoms with E-state index in [1.54, 1.807) is 6.07 Å². The predicted octanol–water partition coefficient (Wildman–Crippen LogP) is 1.55. The second-order valence-electron chi connectivity index (χ2n) is 8.49. The van der Waals surface area contributed by atoms with Crippen LogP contribution in [0.1, 0.15) is 28.9 Å². The van der Waals surface area contributed by atoms with Crippen molar-refractivity contribution in [3.8, 4) is 5.88 Å². The molecule has 1 saturated heterocycles. The molecular weight excluding hydrogens is 434 g/mol. The van der Waals surface area contributed by atoms with Gasteiger partial charge in [-0.1, -0.05) is 0 Å². The molecule has 1 aliphatic carbocycles. The van der Waals surface area contributed by atoms with Crippen LogP contribution in [0.4, 0.5) is 20.2 Å². The number of amides is 2. The zero-order chi connectivity index (χ0) is 23.1. The number of carbonyl (C=O) groups excluding carboxylic acids is 2. The van der Waals surface area contributed by atoms with Crippen molar-refractivity contribution in [2.24, 2.45) is 5.92 Å². The average Bonchev–Trinajstić information content (AvgIpc) is 3.66. The van der Waals surface area contributed by atoms with Crippen molar-refractivity contribution in [3.63, 3.8) is 0 Å². The Hall–Kier alpha value is -3.34. The van der Waals surface area contributed by atoms with Crippen LogP contribution in [0.5, 0.6) is 5.88 Å². The number of ether oxygens (including phenoxy) is 1. The molecule has 4 heterocycles. The van der Waals surface area contributed by atoms with Gasteiger partial charge in [0.05, 0.1) is 5.69 Å². The summed E-state index contributed by atoms with van der Waals surface area (Å²) in [5.41, 5.74) is 0.706. The number of anilines is 2. The van der Waals surface area contributed by atoms with E-state index in [-0.39, 0.29) is 29.1 Å². The molecule has 2 fully saturated rings. The topological polar surface area (TPSA) is 99.7 Å². The summed E-state index contributed by atoms with van der Waals surface area (Å²) < 4.78 is 35.2. The largest absolute Gasteiger partial charge is 0.462 e. The molecule has 2 N–H and O–H groups in total. The molecule has 3 aliphatic rings. The van der Waals surface area contributed by atoms with E-state index in [2.05, 4.69) is 20.6 Å². The number of aromatic nitrogens is 2. The van der Waals surface area contributed by atoms with Crippen LogP contribution in [0.2, 0.25) is 0 Å². The minimum atomic E-state index is -0.699. The molecule has 9 nitrogen and oxygen atoms in total. The summed E-state index contributed by atoms with van der Waals surface area (Å²) in [6.07, 6.45) is 2.71. The summed E-state index contributed by atoms with van der Waals surface area (Å²) in [4.78, 5) is 35.8. The lowest BCUT2D eigenvalue weighted by molar-refractivity contribution is -0.124. The van der Waals surface area contributed by atoms with Gasteiger partial charge < -0.3 is 20.3 Å². The monoisotopic (exact) mass is 458 g/mol. The fourth-order valence-electron chi connectivity index (χ4n) is 4.20. The molecule has 1 atom stereocenters. The molecule has 11 heteroatoms. The van der Waals surface area contributed by atoms with Gasteiger partial charge in [0.1, 0.15) is 11.4 Å². The number of nitrogens with zero attached hydrogens (tertiary/aromatic N) is 4. The molecule has 2 amide bonds. The van der Waals surface area contributed by atoms with Crippen molar-refractivity contribution < 1.29 is 23.1 Å². The first kappa shape index (κ1) is 21.5. The fourth-order valence-corrected chi connectivity index (χ4v) is 4.20. The summed E-state index contributed by atoms with van der Waals surface area (Å²) in [6, 6.07) is 3.04. The van der Waals surface area contributed by atoms with Gasteiger partial charge in [0.25, 0.3) is 11.8 Å². The number of piperazine rings is 1. The van der Waals surface area contributed by atoms with Gasteiger partial charge in [-0.25, -0.2) is 14.4 Å². The maximum absolute atomic E-state index is 15.1. The number of carbonyl (C=O) groups is 2. The van der Waals surface area contributed by atoms with Crippen LogP contribution in [0.15, 0.2) is 18.3 Å². The molecule has 2 aromatic rings. The summed E-state index contributed by atoms with van der Waals surface area (Å²) >= 11 is 0. The minimum absolute atomic E-state index is 0.00242. The summed E-state index contributed by atoms with van der Waals surface area (Å²) in [6.45, 7) is 2.47. The molecule has 1 saturated carbocycles. The Morgan fingerprint density at radius 2 is 2.00 bits per heavy atom. The van der Waals surface area contributed by atoms with Crippen LogP contribution >= 0.6 is 0 Å². The molecular formula is C22H24F2N6O3. The minimum Gasteiger partial charge on any atom is -0.462 e. The second-order valence-corrected chi connectivity index (χ2v) is 8.49. The Kier molecular flexibility index (Phi) is 5.57. The molecule has 0 aromatic carbocycles. The number of hydrogen-bond donors (Lipinski definition) is 2. The Morgan fingerprint density at radius 3 is 2.67 bits per heavy atom. The van der Waals surface area contributed by atoms with Crippen LogP contribution in [0.3, 0.4) is 0 Å². The third kappa shape index (κ3) is 4.20. The third-order valence-corrected chi connectivity index (χ3v) is 6.24. The van der Waals surface area contributed by atoms with E-state index in [1.165, 1.54) is 19.3 Å². The predicted molar refractivity (Wildman–Crippen MR) is 115 cm³/mol. The number of hydrogen-bond acceptors (Lipinski definition) is 7. The maximum Gasteiger partial charge on any atom is 0.269 e. The van der Waals surface area contributed by atoms with Crippen molar-refractivity contribution in [3.05, 3.63) is 41.4 Å². The van der Waals surface area contributed by atoms with Crippen LogP contribution in [0.25, 0.3) is 0 Å². The van der Waals surface area contributed by atoms with E-state index >= 15 is 4.39 Å². The fraction of sp³-hybridized carbons (Fsp3) is 0.455. The first-order valence-corrected chi connectivity index (χ1v) is 11.0. The van der Waals surface area contributed by atoms with E-state index < -0.39 is 23.8 Å². The normalized spacial score (nSPS) is 20.6. The molecule has 0 bridgehead atoms. The number of pyridine rings is 2. The Balaban J connectivity index is 1.23. The quantitative estimate of drug-likeness (QED) is 0.656. The highest BCUT2D eigenvalue weighted by Gasteiger charge is 2.42. The zero-order valence-electron chi connectivity index (χ0n) is 18.1. The van der Waals surface area contributed by atoms with Crippen LogP contribution in [-0.4, -0.2) is 66.0 Å². The van der Waals surface area contributed by atoms with Gasteiger partial charge in [-0.15, -0.1) is 0 Å². The maximum atomic E-state index is 15.1. The SMILES string of the molecule is CNC(=O)c1ccc(N2CCN(Cc3cnc4c(c3F)NC(=O)[C@H](C3CC3)O4)CC2)c(F)n1. The molecule has 0 radical (unpaired) electrons. The van der Waals surface area contributed by atoms with Crippen LogP contribution < -0.4 is 20.3 Å². The lowest BCUT2D eigenvalue weighted by Gasteiger charge is -2.36. The molecule has 2 aliphatic heterocycles. The first-order chi connectivity index (χ1) is 15.9. The number of halogens is 2. The van der Waals surface area contributed by atoms with E-state index in [1.807, 2.05) is 9.80 Å². The van der Waals surface area contributed by atoms with Gasteiger partial charge in [0, 0.05) is 57.4 Å². The smallest absolute Gasteiger partial charge is 0.269 e. The van der Waals surface area contributed by atoms with Crippen molar-refractivity contribution in [1.82, 2.24) is 20.2 Å². The first-order valence-electron chi connectivity index (χ1n) is 11.0. The van der Waals surface area contributed by atoms with Gasteiger partial charge in [-0.2, -0.15) is 4.39 Å². The standard InChI is InChI=1S/C22H24F2N6O3/c1-25-20(31)14-4-5-15(19(24)27-14)30-8-6-29(7-9-30)11-13-10-26-22-17(16(13)23)28-21(32)18(33-22)12-2-3-12/h4-5,10,12,18H,2-3,6-9,11H2,1H3,(H,25,31)(H,28,32)/t18-/m0/s1. The molecule has 2 aromatic heterocycles. The highest BCUT2D eigenvalue weighted by atomic mass is 19.1. The number of fused-ring (bicyclic) bond motifs is 1. The van der Waals surface area contributed by atoms with E-state index in [4.69, 9.17) is 4.74 Å². The van der Waals surface area contributed by atoms with Gasteiger partial charge in [0.2, 0.25) is 11.8 Å². The molecule has 174 valence electrons. The zero-order valence-corrected chi connectivity index (χ0v) is 18.1. The molecule has 33 heavy (non-hydrogen) atoms. The van der Waals surface area contributed by atoms with Gasteiger partial charge in [-0.3, -0.25) is 14.5 Å². The van der Waals surface area contributed by atoms with Crippen molar-refractivity contribution in [2.45, 2.75) is 25.5 Å². The summed E-state index contributed by atoms with van der Waals surface area (Å²) in [5, 5.41) is 5.04. The van der Waals surface area contributed by atoms with Gasteiger partial charge in [-0.05, 0) is 25.0 Å². The van der Waals surface area contributed by atoms with Crippen molar-refractivity contribution in [1.29, 1.82) is 0 Å². The second kappa shape index (κ2) is 8.54. The molecule has 5 rings (SSSR count).